The van der Waals surface area contributed by atoms with Crippen LogP contribution in [0, 0.1) is 11.8 Å². The molecule has 3 aliphatic rings. The summed E-state index contributed by atoms with van der Waals surface area (Å²) in [5.74, 6) is 1.75. The van der Waals surface area contributed by atoms with E-state index in [0.29, 0.717) is 41.6 Å². The van der Waals surface area contributed by atoms with Gasteiger partial charge in [-0.05, 0) is 30.7 Å². The fourth-order valence-electron chi connectivity index (χ4n) is 4.57. The van der Waals surface area contributed by atoms with E-state index in [0.717, 1.165) is 37.8 Å². The number of aromatic nitrogens is 3. The molecule has 0 amide bonds. The van der Waals surface area contributed by atoms with E-state index in [1.54, 1.807) is 0 Å². The molecule has 2 saturated carbocycles. The van der Waals surface area contributed by atoms with Gasteiger partial charge in [-0.1, -0.05) is 0 Å². The lowest BCUT2D eigenvalue weighted by molar-refractivity contribution is -0.137. The molecule has 1 saturated heterocycles. The standard InChI is InChI=1S/C19H21F4N5/c20-3-4-27-7-12-13(8-27)16(12)28-9-15(26-18(28)10-1-2-10)11-5-14(19(21,22)23)17(24)25-6-11/h5-6,9-10,12-13,16H,1-4,7-8H2,(H2,24,25)/t12-,13+,16-. The Bertz CT molecular complexity index is 892. The molecule has 3 heterocycles. The van der Waals surface area contributed by atoms with Crippen LogP contribution in [-0.4, -0.2) is 45.7 Å². The van der Waals surface area contributed by atoms with Crippen molar-refractivity contribution in [2.45, 2.75) is 31.0 Å². The van der Waals surface area contributed by atoms with Gasteiger partial charge in [0.1, 0.15) is 18.3 Å². The minimum absolute atomic E-state index is 0.316. The number of imidazole rings is 1. The number of nitrogen functional groups attached to an aromatic ring is 1. The summed E-state index contributed by atoms with van der Waals surface area (Å²) < 4.78 is 54.3. The lowest BCUT2D eigenvalue weighted by Gasteiger charge is -2.18. The van der Waals surface area contributed by atoms with E-state index in [-0.39, 0.29) is 6.67 Å². The van der Waals surface area contributed by atoms with Crippen LogP contribution in [0.5, 0.6) is 0 Å². The second kappa shape index (κ2) is 6.17. The van der Waals surface area contributed by atoms with Crippen LogP contribution in [0.3, 0.4) is 0 Å². The zero-order valence-electron chi connectivity index (χ0n) is 15.2. The molecule has 1 aliphatic heterocycles. The molecule has 0 aromatic carbocycles. The SMILES string of the molecule is Nc1ncc(-c2cn([C@@H]3[C@@H]4CN(CCF)C[C@@H]43)c(C3CC3)n2)cc1C(F)(F)F. The third-order valence-electron chi connectivity index (χ3n) is 6.17. The minimum atomic E-state index is -4.55. The van der Waals surface area contributed by atoms with Crippen molar-refractivity contribution in [2.75, 3.05) is 32.0 Å². The average Bonchev–Trinajstić information content (AvgIpc) is 3.51. The van der Waals surface area contributed by atoms with E-state index in [4.69, 9.17) is 5.73 Å². The van der Waals surface area contributed by atoms with E-state index in [1.807, 2.05) is 6.20 Å². The fourth-order valence-corrected chi connectivity index (χ4v) is 4.57. The second-order valence-electron chi connectivity index (χ2n) is 8.09. The summed E-state index contributed by atoms with van der Waals surface area (Å²) >= 11 is 0. The molecule has 5 nitrogen and oxygen atoms in total. The topological polar surface area (TPSA) is 60.0 Å². The lowest BCUT2D eigenvalue weighted by Crippen LogP contribution is -2.27. The molecule has 0 spiro atoms. The first-order valence-electron chi connectivity index (χ1n) is 9.57. The van der Waals surface area contributed by atoms with Crippen molar-refractivity contribution >= 4 is 5.82 Å². The maximum absolute atomic E-state index is 13.2. The molecule has 0 radical (unpaired) electrons. The first-order chi connectivity index (χ1) is 13.4. The van der Waals surface area contributed by atoms with Crippen molar-refractivity contribution in [1.82, 2.24) is 19.4 Å². The highest BCUT2D eigenvalue weighted by molar-refractivity contribution is 5.62. The smallest absolute Gasteiger partial charge is 0.383 e. The summed E-state index contributed by atoms with van der Waals surface area (Å²) in [5.41, 5.74) is 5.32. The summed E-state index contributed by atoms with van der Waals surface area (Å²) in [6.45, 7) is 1.89. The maximum atomic E-state index is 13.2. The number of pyridine rings is 1. The lowest BCUT2D eigenvalue weighted by atomic mass is 10.1. The largest absolute Gasteiger partial charge is 0.419 e. The molecule has 2 aliphatic carbocycles. The molecule has 2 aromatic rings. The van der Waals surface area contributed by atoms with Crippen LogP contribution < -0.4 is 5.73 Å². The van der Waals surface area contributed by atoms with Gasteiger partial charge in [0.15, 0.2) is 0 Å². The van der Waals surface area contributed by atoms with Gasteiger partial charge in [0.2, 0.25) is 0 Å². The van der Waals surface area contributed by atoms with Crippen LogP contribution in [0.15, 0.2) is 18.5 Å². The Balaban J connectivity index is 1.45. The van der Waals surface area contributed by atoms with Gasteiger partial charge in [-0.3, -0.25) is 0 Å². The molecule has 9 heteroatoms. The van der Waals surface area contributed by atoms with E-state index < -0.39 is 17.6 Å². The molecule has 2 N–H and O–H groups in total. The van der Waals surface area contributed by atoms with E-state index in [9.17, 15) is 17.6 Å². The van der Waals surface area contributed by atoms with Crippen LogP contribution in [0.2, 0.25) is 0 Å². The van der Waals surface area contributed by atoms with Crippen molar-refractivity contribution in [3.63, 3.8) is 0 Å². The highest BCUT2D eigenvalue weighted by atomic mass is 19.4. The maximum Gasteiger partial charge on any atom is 0.419 e. The first-order valence-corrected chi connectivity index (χ1v) is 9.57. The van der Waals surface area contributed by atoms with Crippen LogP contribution >= 0.6 is 0 Å². The molecule has 3 fully saturated rings. The van der Waals surface area contributed by atoms with Gasteiger partial charge in [0.05, 0.1) is 11.3 Å². The monoisotopic (exact) mass is 395 g/mol. The third-order valence-corrected chi connectivity index (χ3v) is 6.17. The van der Waals surface area contributed by atoms with Crippen molar-refractivity contribution < 1.29 is 17.6 Å². The van der Waals surface area contributed by atoms with Crippen molar-refractivity contribution in [1.29, 1.82) is 0 Å². The highest BCUT2D eigenvalue weighted by Gasteiger charge is 2.57. The Labute approximate surface area is 159 Å². The number of hydrogen-bond acceptors (Lipinski definition) is 4. The quantitative estimate of drug-likeness (QED) is 0.788. The number of nitrogens with zero attached hydrogens (tertiary/aromatic N) is 4. The van der Waals surface area contributed by atoms with Crippen molar-refractivity contribution in [3.05, 3.63) is 29.8 Å². The second-order valence-corrected chi connectivity index (χ2v) is 8.09. The van der Waals surface area contributed by atoms with Crippen LogP contribution in [-0.2, 0) is 6.18 Å². The molecule has 0 bridgehead atoms. The third kappa shape index (κ3) is 2.96. The summed E-state index contributed by atoms with van der Waals surface area (Å²) in [6.07, 6.45) is 0.775. The zero-order chi connectivity index (χ0) is 19.6. The minimum Gasteiger partial charge on any atom is -0.383 e. The van der Waals surface area contributed by atoms with E-state index in [2.05, 4.69) is 19.4 Å². The fraction of sp³-hybridized carbons (Fsp3) is 0.579. The van der Waals surface area contributed by atoms with Gasteiger partial charge in [0, 0.05) is 49.6 Å². The number of halogens is 4. The number of fused-ring (bicyclic) bond motifs is 1. The Morgan fingerprint density at radius 1 is 1.18 bits per heavy atom. The average molecular weight is 395 g/mol. The van der Waals surface area contributed by atoms with Crippen molar-refractivity contribution in [2.24, 2.45) is 11.8 Å². The number of piperidine rings is 1. The predicted molar refractivity (Wildman–Crippen MR) is 95.3 cm³/mol. The molecule has 0 unspecified atom stereocenters. The first kappa shape index (κ1) is 17.9. The number of anilines is 1. The van der Waals surface area contributed by atoms with Crippen molar-refractivity contribution in [3.8, 4) is 11.3 Å². The Kier molecular flexibility index (Phi) is 3.94. The van der Waals surface area contributed by atoms with Gasteiger partial charge in [-0.2, -0.15) is 13.2 Å². The summed E-state index contributed by atoms with van der Waals surface area (Å²) in [5, 5.41) is 0. The van der Waals surface area contributed by atoms with Gasteiger partial charge in [0.25, 0.3) is 0 Å². The zero-order valence-corrected chi connectivity index (χ0v) is 15.2. The molecular formula is C19H21F4N5. The van der Waals surface area contributed by atoms with E-state index >= 15 is 0 Å². The molecule has 3 atom stereocenters. The normalized spacial score (nSPS) is 27.2. The summed E-state index contributed by atoms with van der Waals surface area (Å²) in [7, 11) is 0. The van der Waals surface area contributed by atoms with Crippen LogP contribution in [0.1, 0.15) is 36.2 Å². The predicted octanol–water partition coefficient (Wildman–Crippen LogP) is 3.50. The van der Waals surface area contributed by atoms with Gasteiger partial charge >= 0.3 is 6.18 Å². The summed E-state index contributed by atoms with van der Waals surface area (Å²) in [6, 6.07) is 1.35. The number of alkyl halides is 4. The molecule has 150 valence electrons. The van der Waals surface area contributed by atoms with Gasteiger partial charge in [-0.25, -0.2) is 14.4 Å². The number of hydrogen-bond donors (Lipinski definition) is 1. The number of nitrogens with two attached hydrogens (primary N) is 1. The van der Waals surface area contributed by atoms with Gasteiger partial charge in [-0.15, -0.1) is 0 Å². The van der Waals surface area contributed by atoms with Gasteiger partial charge < -0.3 is 15.2 Å². The Morgan fingerprint density at radius 2 is 1.89 bits per heavy atom. The molecule has 2 aromatic heterocycles. The number of rotatable bonds is 5. The molecule has 5 rings (SSSR count). The Hall–Kier alpha value is -2.16. The Morgan fingerprint density at radius 3 is 2.50 bits per heavy atom. The molecule has 28 heavy (non-hydrogen) atoms. The molecular weight excluding hydrogens is 374 g/mol. The van der Waals surface area contributed by atoms with Crippen LogP contribution in [0.4, 0.5) is 23.4 Å². The summed E-state index contributed by atoms with van der Waals surface area (Å²) in [4.78, 5) is 10.6. The number of likely N-dealkylation sites (tertiary alicyclic amines) is 1. The van der Waals surface area contributed by atoms with E-state index in [1.165, 1.54) is 6.20 Å². The van der Waals surface area contributed by atoms with Crippen LogP contribution in [0.25, 0.3) is 11.3 Å². The highest BCUT2D eigenvalue weighted by Crippen LogP contribution is 2.57.